The predicted molar refractivity (Wildman–Crippen MR) is 67.5 cm³/mol. The maximum atomic E-state index is 10.3. The van der Waals surface area contributed by atoms with Crippen LogP contribution in [0.25, 0.3) is 0 Å². The van der Waals surface area contributed by atoms with Gasteiger partial charge in [-0.25, -0.2) is 0 Å². The normalized spacial score (nSPS) is 20.9. The molecular weight excluding hydrogens is 236 g/mol. The van der Waals surface area contributed by atoms with Crippen molar-refractivity contribution in [2.75, 3.05) is 0 Å². The molecule has 0 bridgehead atoms. The number of phenols is 1. The van der Waals surface area contributed by atoms with Crippen molar-refractivity contribution >= 4 is 11.6 Å². The minimum absolute atomic E-state index is 0.0989. The van der Waals surface area contributed by atoms with Gasteiger partial charge < -0.3 is 10.2 Å². The van der Waals surface area contributed by atoms with E-state index in [1.54, 1.807) is 12.1 Å². The maximum Gasteiger partial charge on any atom is 0.134 e. The van der Waals surface area contributed by atoms with Crippen LogP contribution in [0.4, 0.5) is 0 Å². The van der Waals surface area contributed by atoms with Gasteiger partial charge in [0.1, 0.15) is 11.5 Å². The molecule has 1 aromatic carbocycles. The van der Waals surface area contributed by atoms with Crippen molar-refractivity contribution in [3.8, 4) is 5.75 Å². The zero-order valence-electron chi connectivity index (χ0n) is 9.54. The quantitative estimate of drug-likeness (QED) is 0.777. The number of phenolic OH excluding ortho intramolecular Hbond substituents is 1. The number of aliphatic hydroxyl groups is 1. The molecule has 2 aliphatic rings. The van der Waals surface area contributed by atoms with Crippen LogP contribution in [0.2, 0.25) is 5.02 Å². The Morgan fingerprint density at radius 3 is 2.41 bits per heavy atom. The Balaban J connectivity index is 2.00. The van der Waals surface area contributed by atoms with Gasteiger partial charge in [0.2, 0.25) is 0 Å². The highest BCUT2D eigenvalue weighted by molar-refractivity contribution is 6.32. The van der Waals surface area contributed by atoms with E-state index in [9.17, 15) is 10.2 Å². The van der Waals surface area contributed by atoms with Crippen LogP contribution in [0.15, 0.2) is 29.5 Å². The Hall–Kier alpha value is -1.15. The summed E-state index contributed by atoms with van der Waals surface area (Å²) in [5, 5.41) is 20.4. The van der Waals surface area contributed by atoms with E-state index in [0.717, 1.165) is 31.2 Å². The lowest BCUT2D eigenvalue weighted by Gasteiger charge is -2.24. The molecule has 17 heavy (non-hydrogen) atoms. The molecule has 0 aliphatic heterocycles. The van der Waals surface area contributed by atoms with Crippen LogP contribution in [0, 0.1) is 0 Å². The second-order valence-corrected chi connectivity index (χ2v) is 5.46. The van der Waals surface area contributed by atoms with Gasteiger partial charge in [-0.1, -0.05) is 17.7 Å². The first kappa shape index (κ1) is 11.0. The molecule has 2 nitrogen and oxygen atoms in total. The molecule has 2 N–H and O–H groups in total. The standard InChI is InChI=1S/C14H15ClO2/c15-11-5-4-10(8-12(11)16)14(6-7-14)13(17)9-2-1-3-9/h4-5,8,16-17H,1-3,6-7H2. The lowest BCUT2D eigenvalue weighted by Crippen LogP contribution is -2.15. The smallest absolute Gasteiger partial charge is 0.134 e. The van der Waals surface area contributed by atoms with E-state index in [-0.39, 0.29) is 11.2 Å². The highest BCUT2D eigenvalue weighted by Crippen LogP contribution is 2.56. The van der Waals surface area contributed by atoms with E-state index in [1.807, 2.05) is 6.07 Å². The molecule has 1 aromatic rings. The van der Waals surface area contributed by atoms with Crippen molar-refractivity contribution in [2.45, 2.75) is 37.5 Å². The van der Waals surface area contributed by atoms with Gasteiger partial charge >= 0.3 is 0 Å². The SMILES string of the molecule is OC(=C1CCC1)C1(c2ccc(Cl)c(O)c2)CC1. The summed E-state index contributed by atoms with van der Waals surface area (Å²) in [7, 11) is 0. The number of halogens is 1. The number of hydrogen-bond donors (Lipinski definition) is 2. The molecule has 2 saturated carbocycles. The summed E-state index contributed by atoms with van der Waals surface area (Å²) in [6, 6.07) is 5.29. The van der Waals surface area contributed by atoms with Gasteiger partial charge in [0, 0.05) is 0 Å². The predicted octanol–water partition coefficient (Wildman–Crippen LogP) is 4.07. The molecule has 0 saturated heterocycles. The molecule has 0 spiro atoms. The molecule has 0 aromatic heterocycles. The largest absolute Gasteiger partial charge is 0.511 e. The molecule has 2 fully saturated rings. The molecule has 0 amide bonds. The van der Waals surface area contributed by atoms with Gasteiger partial charge in [0.25, 0.3) is 0 Å². The number of aromatic hydroxyl groups is 1. The Kier molecular flexibility index (Phi) is 2.37. The van der Waals surface area contributed by atoms with Gasteiger partial charge in [-0.05, 0) is 55.4 Å². The molecule has 0 atom stereocenters. The van der Waals surface area contributed by atoms with Crippen molar-refractivity contribution in [3.63, 3.8) is 0 Å². The lowest BCUT2D eigenvalue weighted by molar-refractivity contribution is 0.336. The molecule has 0 unspecified atom stereocenters. The fourth-order valence-corrected chi connectivity index (χ4v) is 2.64. The minimum Gasteiger partial charge on any atom is -0.511 e. The summed E-state index contributed by atoms with van der Waals surface area (Å²) < 4.78 is 0. The van der Waals surface area contributed by atoms with Crippen molar-refractivity contribution in [2.24, 2.45) is 0 Å². The van der Waals surface area contributed by atoms with Crippen LogP contribution in [-0.4, -0.2) is 10.2 Å². The summed E-state index contributed by atoms with van der Waals surface area (Å²) in [4.78, 5) is 0. The van der Waals surface area contributed by atoms with Gasteiger partial charge in [-0.15, -0.1) is 0 Å². The van der Waals surface area contributed by atoms with E-state index in [1.165, 1.54) is 12.0 Å². The highest BCUT2D eigenvalue weighted by atomic mass is 35.5. The van der Waals surface area contributed by atoms with Gasteiger partial charge in [-0.2, -0.15) is 0 Å². The monoisotopic (exact) mass is 250 g/mol. The molecule has 2 aliphatic carbocycles. The molecule has 90 valence electrons. The first-order valence-electron chi connectivity index (χ1n) is 6.04. The molecular formula is C14H15ClO2. The third kappa shape index (κ3) is 1.62. The topological polar surface area (TPSA) is 40.5 Å². The third-order valence-electron chi connectivity index (χ3n) is 3.99. The van der Waals surface area contributed by atoms with Crippen molar-refractivity contribution in [1.82, 2.24) is 0 Å². The summed E-state index contributed by atoms with van der Waals surface area (Å²) in [5.74, 6) is 0.646. The number of hydrogen-bond acceptors (Lipinski definition) is 2. The zero-order valence-corrected chi connectivity index (χ0v) is 10.3. The van der Waals surface area contributed by atoms with Gasteiger partial charge in [0.15, 0.2) is 0 Å². The second-order valence-electron chi connectivity index (χ2n) is 5.05. The fourth-order valence-electron chi connectivity index (χ4n) is 2.53. The maximum absolute atomic E-state index is 10.3. The van der Waals surface area contributed by atoms with Crippen molar-refractivity contribution in [3.05, 3.63) is 40.1 Å². The Morgan fingerprint density at radius 1 is 1.24 bits per heavy atom. The summed E-state index contributed by atoms with van der Waals surface area (Å²) >= 11 is 5.81. The van der Waals surface area contributed by atoms with E-state index in [4.69, 9.17) is 11.6 Å². The molecule has 3 rings (SSSR count). The number of rotatable bonds is 2. The Bertz CT molecular complexity index is 495. The Labute approximate surface area is 106 Å². The third-order valence-corrected chi connectivity index (χ3v) is 4.31. The molecule has 0 radical (unpaired) electrons. The lowest BCUT2D eigenvalue weighted by atomic mass is 9.83. The zero-order chi connectivity index (χ0) is 12.0. The number of allylic oxidation sites excluding steroid dienone is 2. The molecule has 3 heteroatoms. The van der Waals surface area contributed by atoms with E-state index in [0.29, 0.717) is 10.8 Å². The van der Waals surface area contributed by atoms with Crippen molar-refractivity contribution < 1.29 is 10.2 Å². The van der Waals surface area contributed by atoms with E-state index in [2.05, 4.69) is 0 Å². The fraction of sp³-hybridized carbons (Fsp3) is 0.429. The van der Waals surface area contributed by atoms with Crippen LogP contribution >= 0.6 is 11.6 Å². The van der Waals surface area contributed by atoms with Crippen LogP contribution in [-0.2, 0) is 5.41 Å². The van der Waals surface area contributed by atoms with Gasteiger partial charge in [0.05, 0.1) is 10.4 Å². The number of benzene rings is 1. The first-order valence-corrected chi connectivity index (χ1v) is 6.42. The average Bonchev–Trinajstić information content (AvgIpc) is 3.00. The molecule has 0 heterocycles. The first-order chi connectivity index (χ1) is 8.13. The number of aliphatic hydroxyl groups excluding tert-OH is 1. The average molecular weight is 251 g/mol. The second kappa shape index (κ2) is 3.67. The highest BCUT2D eigenvalue weighted by Gasteiger charge is 2.49. The van der Waals surface area contributed by atoms with Crippen LogP contribution in [0.5, 0.6) is 5.75 Å². The van der Waals surface area contributed by atoms with Crippen LogP contribution in [0.1, 0.15) is 37.7 Å². The van der Waals surface area contributed by atoms with Crippen LogP contribution in [0.3, 0.4) is 0 Å². The summed E-state index contributed by atoms with van der Waals surface area (Å²) in [6.45, 7) is 0. The van der Waals surface area contributed by atoms with Crippen LogP contribution < -0.4 is 0 Å². The summed E-state index contributed by atoms with van der Waals surface area (Å²) in [5.41, 5.74) is 1.95. The van der Waals surface area contributed by atoms with E-state index < -0.39 is 0 Å². The summed E-state index contributed by atoms with van der Waals surface area (Å²) in [6.07, 6.45) is 5.15. The Morgan fingerprint density at radius 2 is 1.94 bits per heavy atom. The van der Waals surface area contributed by atoms with Gasteiger partial charge in [-0.3, -0.25) is 0 Å². The van der Waals surface area contributed by atoms with Crippen molar-refractivity contribution in [1.29, 1.82) is 0 Å². The van der Waals surface area contributed by atoms with E-state index >= 15 is 0 Å². The minimum atomic E-state index is -0.224.